The molecule has 1 aromatic rings. The molecule has 0 saturated carbocycles. The summed E-state index contributed by atoms with van der Waals surface area (Å²) in [4.78, 5) is 6.28. The number of hydrogen-bond acceptors (Lipinski definition) is 4. The van der Waals surface area contributed by atoms with Crippen molar-refractivity contribution in [3.05, 3.63) is 23.6 Å². The molecular weight excluding hydrogens is 233 g/mol. The topological polar surface area (TPSA) is 37.4 Å². The van der Waals surface area contributed by atoms with Crippen molar-refractivity contribution in [2.24, 2.45) is 0 Å². The number of nitrogens with one attached hydrogen (secondary N) is 1. The standard InChI is InChI=1S/C13H20FN3O/c1-3-15-7-10-6-11(14)8-16-13(10)18-12-4-5-17(2)9-12/h6,8,12,15H,3-5,7,9H2,1-2H3. The van der Waals surface area contributed by atoms with Gasteiger partial charge < -0.3 is 15.0 Å². The van der Waals surface area contributed by atoms with E-state index in [-0.39, 0.29) is 11.9 Å². The summed E-state index contributed by atoms with van der Waals surface area (Å²) in [7, 11) is 2.07. The average molecular weight is 253 g/mol. The minimum absolute atomic E-state index is 0.160. The van der Waals surface area contributed by atoms with E-state index in [0.29, 0.717) is 12.4 Å². The third-order valence-electron chi connectivity index (χ3n) is 3.08. The average Bonchev–Trinajstić information content (AvgIpc) is 2.75. The van der Waals surface area contributed by atoms with Gasteiger partial charge in [-0.05, 0) is 26.1 Å². The fourth-order valence-electron chi connectivity index (χ4n) is 2.11. The molecule has 100 valence electrons. The monoisotopic (exact) mass is 253 g/mol. The van der Waals surface area contributed by atoms with Crippen LogP contribution in [0.4, 0.5) is 4.39 Å². The highest BCUT2D eigenvalue weighted by Crippen LogP contribution is 2.20. The number of nitrogens with zero attached hydrogens (tertiary/aromatic N) is 2. The molecular formula is C13H20FN3O. The van der Waals surface area contributed by atoms with Gasteiger partial charge in [0.25, 0.3) is 0 Å². The van der Waals surface area contributed by atoms with Gasteiger partial charge in [-0.15, -0.1) is 0 Å². The number of rotatable bonds is 5. The van der Waals surface area contributed by atoms with Gasteiger partial charge in [-0.3, -0.25) is 0 Å². The van der Waals surface area contributed by atoms with Crippen LogP contribution >= 0.6 is 0 Å². The van der Waals surface area contributed by atoms with Crippen molar-refractivity contribution in [3.63, 3.8) is 0 Å². The molecule has 1 aliphatic rings. The molecule has 1 atom stereocenters. The Kier molecular flexibility index (Phi) is 4.49. The third kappa shape index (κ3) is 3.40. The van der Waals surface area contributed by atoms with Gasteiger partial charge in [0.05, 0.1) is 6.20 Å². The van der Waals surface area contributed by atoms with Crippen LogP contribution < -0.4 is 10.1 Å². The second-order valence-electron chi connectivity index (χ2n) is 4.69. The van der Waals surface area contributed by atoms with Gasteiger partial charge in [0.2, 0.25) is 5.88 Å². The highest BCUT2D eigenvalue weighted by Gasteiger charge is 2.22. The van der Waals surface area contributed by atoms with Gasteiger partial charge in [0.1, 0.15) is 11.9 Å². The zero-order chi connectivity index (χ0) is 13.0. The molecule has 1 N–H and O–H groups in total. The molecule has 0 bridgehead atoms. The third-order valence-corrected chi connectivity index (χ3v) is 3.08. The Morgan fingerprint density at radius 1 is 1.61 bits per heavy atom. The Labute approximate surface area is 107 Å². The van der Waals surface area contributed by atoms with Gasteiger partial charge in [0.15, 0.2) is 0 Å². The van der Waals surface area contributed by atoms with E-state index in [1.54, 1.807) is 0 Å². The van der Waals surface area contributed by atoms with Gasteiger partial charge in [-0.1, -0.05) is 6.92 Å². The number of ether oxygens (including phenoxy) is 1. The summed E-state index contributed by atoms with van der Waals surface area (Å²) in [5, 5.41) is 3.17. The summed E-state index contributed by atoms with van der Waals surface area (Å²) in [6.45, 7) is 5.37. The lowest BCUT2D eigenvalue weighted by Gasteiger charge is -2.16. The van der Waals surface area contributed by atoms with E-state index in [1.807, 2.05) is 6.92 Å². The quantitative estimate of drug-likeness (QED) is 0.861. The van der Waals surface area contributed by atoms with Crippen molar-refractivity contribution >= 4 is 0 Å². The maximum Gasteiger partial charge on any atom is 0.218 e. The van der Waals surface area contributed by atoms with Crippen LogP contribution in [0.15, 0.2) is 12.3 Å². The summed E-state index contributed by atoms with van der Waals surface area (Å²) in [5.41, 5.74) is 0.784. The van der Waals surface area contributed by atoms with Crippen molar-refractivity contribution in [3.8, 4) is 5.88 Å². The number of aromatic nitrogens is 1. The fraction of sp³-hybridized carbons (Fsp3) is 0.615. The molecule has 18 heavy (non-hydrogen) atoms. The van der Waals surface area contributed by atoms with E-state index >= 15 is 0 Å². The second kappa shape index (κ2) is 6.11. The van der Waals surface area contributed by atoms with Crippen molar-refractivity contribution in [2.45, 2.75) is 26.0 Å². The predicted octanol–water partition coefficient (Wildman–Crippen LogP) is 1.41. The minimum atomic E-state index is -0.321. The Hall–Kier alpha value is -1.20. The van der Waals surface area contributed by atoms with Crippen molar-refractivity contribution < 1.29 is 9.13 Å². The normalized spacial score (nSPS) is 20.3. The number of hydrogen-bond donors (Lipinski definition) is 1. The Bertz CT molecular complexity index is 400. The van der Waals surface area contributed by atoms with E-state index < -0.39 is 0 Å². The van der Waals surface area contributed by atoms with Crippen LogP contribution in [0.25, 0.3) is 0 Å². The maximum absolute atomic E-state index is 13.2. The number of pyridine rings is 1. The van der Waals surface area contributed by atoms with E-state index in [9.17, 15) is 4.39 Å². The molecule has 5 heteroatoms. The van der Waals surface area contributed by atoms with Gasteiger partial charge in [-0.2, -0.15) is 0 Å². The van der Waals surface area contributed by atoms with Crippen LogP contribution in [-0.4, -0.2) is 42.7 Å². The van der Waals surface area contributed by atoms with Crippen molar-refractivity contribution in [1.82, 2.24) is 15.2 Å². The summed E-state index contributed by atoms with van der Waals surface area (Å²) < 4.78 is 19.1. The smallest absolute Gasteiger partial charge is 0.218 e. The largest absolute Gasteiger partial charge is 0.473 e. The number of likely N-dealkylation sites (tertiary alicyclic amines) is 1. The highest BCUT2D eigenvalue weighted by molar-refractivity contribution is 5.26. The molecule has 2 rings (SSSR count). The summed E-state index contributed by atoms with van der Waals surface area (Å²) in [5.74, 6) is 0.233. The molecule has 1 aromatic heterocycles. The van der Waals surface area contributed by atoms with E-state index in [1.165, 1.54) is 12.3 Å². The Morgan fingerprint density at radius 3 is 3.11 bits per heavy atom. The lowest BCUT2D eigenvalue weighted by atomic mass is 10.2. The van der Waals surface area contributed by atoms with Gasteiger partial charge >= 0.3 is 0 Å². The van der Waals surface area contributed by atoms with Crippen LogP contribution in [0.5, 0.6) is 5.88 Å². The summed E-state index contributed by atoms with van der Waals surface area (Å²) >= 11 is 0. The van der Waals surface area contributed by atoms with Crippen molar-refractivity contribution in [1.29, 1.82) is 0 Å². The second-order valence-corrected chi connectivity index (χ2v) is 4.69. The minimum Gasteiger partial charge on any atom is -0.473 e. The summed E-state index contributed by atoms with van der Waals surface area (Å²) in [6.07, 6.45) is 2.37. The predicted molar refractivity (Wildman–Crippen MR) is 68.1 cm³/mol. The van der Waals surface area contributed by atoms with Crippen LogP contribution in [0.1, 0.15) is 18.9 Å². The van der Waals surface area contributed by atoms with Crippen LogP contribution in [0, 0.1) is 5.82 Å². The first-order chi connectivity index (χ1) is 8.69. The van der Waals surface area contributed by atoms with Gasteiger partial charge in [-0.25, -0.2) is 9.37 Å². The van der Waals surface area contributed by atoms with Crippen LogP contribution in [0.3, 0.4) is 0 Å². The maximum atomic E-state index is 13.2. The first kappa shape index (κ1) is 13.2. The van der Waals surface area contributed by atoms with E-state index in [4.69, 9.17) is 4.74 Å². The number of likely N-dealkylation sites (N-methyl/N-ethyl adjacent to an activating group) is 1. The molecule has 1 unspecified atom stereocenters. The molecule has 0 spiro atoms. The highest BCUT2D eigenvalue weighted by atomic mass is 19.1. The van der Waals surface area contributed by atoms with Gasteiger partial charge in [0, 0.05) is 25.2 Å². The molecule has 0 radical (unpaired) electrons. The lowest BCUT2D eigenvalue weighted by molar-refractivity contribution is 0.197. The SMILES string of the molecule is CCNCc1cc(F)cnc1OC1CCN(C)C1. The Morgan fingerprint density at radius 2 is 2.44 bits per heavy atom. The van der Waals surface area contributed by atoms with Crippen LogP contribution in [-0.2, 0) is 6.54 Å². The fourth-order valence-corrected chi connectivity index (χ4v) is 2.11. The zero-order valence-electron chi connectivity index (χ0n) is 10.9. The molecule has 0 amide bonds. The number of halogens is 1. The first-order valence-electron chi connectivity index (χ1n) is 6.39. The molecule has 0 aromatic carbocycles. The summed E-state index contributed by atoms with van der Waals surface area (Å²) in [6, 6.07) is 1.49. The van der Waals surface area contributed by atoms with Crippen molar-refractivity contribution in [2.75, 3.05) is 26.7 Å². The molecule has 2 heterocycles. The van der Waals surface area contributed by atoms with E-state index in [0.717, 1.165) is 31.6 Å². The lowest BCUT2D eigenvalue weighted by Crippen LogP contribution is -2.23. The van der Waals surface area contributed by atoms with E-state index in [2.05, 4.69) is 22.2 Å². The molecule has 1 fully saturated rings. The van der Waals surface area contributed by atoms with Crippen LogP contribution in [0.2, 0.25) is 0 Å². The molecule has 4 nitrogen and oxygen atoms in total. The Balaban J connectivity index is 2.06. The first-order valence-corrected chi connectivity index (χ1v) is 6.39. The zero-order valence-corrected chi connectivity index (χ0v) is 10.9. The molecule has 1 aliphatic heterocycles. The molecule has 0 aliphatic carbocycles. The molecule has 1 saturated heterocycles.